The van der Waals surface area contributed by atoms with E-state index in [1.165, 1.54) is 0 Å². The highest BCUT2D eigenvalue weighted by molar-refractivity contribution is 7.15. The number of hydrogen-bond donors (Lipinski definition) is 0. The fourth-order valence-corrected chi connectivity index (χ4v) is 0. The molecule has 0 fully saturated rings. The van der Waals surface area contributed by atoms with E-state index in [-0.39, 0.29) is 0 Å². The van der Waals surface area contributed by atoms with Crippen LogP contribution in [-0.2, 0) is 3.84 Å². The first-order valence-corrected chi connectivity index (χ1v) is 2.27. The van der Waals surface area contributed by atoms with E-state index in [9.17, 15) is 0 Å². The molecule has 0 amide bonds. The lowest BCUT2D eigenvalue weighted by Gasteiger charge is -1.46. The van der Waals surface area contributed by atoms with Crippen molar-refractivity contribution in [1.82, 2.24) is 0 Å². The fourth-order valence-electron chi connectivity index (χ4n) is 0. The van der Waals surface area contributed by atoms with Crippen molar-refractivity contribution >= 4 is 33.0 Å². The van der Waals surface area contributed by atoms with Gasteiger partial charge < -0.3 is 0 Å². The van der Waals surface area contributed by atoms with Gasteiger partial charge in [-0.05, 0) is 15.9 Å². The van der Waals surface area contributed by atoms with Gasteiger partial charge in [0.25, 0.3) is 0 Å². The second kappa shape index (κ2) is 20.2. The predicted octanol–water partition coefficient (Wildman–Crippen LogP) is 2.34. The average Bonchev–Trinajstić information content (AvgIpc) is 1.46. The molecule has 5 heavy (non-hydrogen) atoms. The highest BCUT2D eigenvalue weighted by Crippen LogP contribution is 1.78. The van der Waals surface area contributed by atoms with Crippen LogP contribution in [0.15, 0.2) is 0 Å². The maximum atomic E-state index is 4.26. The van der Waals surface area contributed by atoms with Crippen LogP contribution in [0.1, 0.15) is 0 Å². The molecule has 0 spiro atoms. The standard InChI is InChI=1S/CH3P.Cl2O/c1-2;1-3-2/h1H3;. The molecule has 0 aliphatic heterocycles. The van der Waals surface area contributed by atoms with Crippen LogP contribution in [0.2, 0.25) is 0 Å². The largest absolute Gasteiger partial charge is 0.166 e. The van der Waals surface area contributed by atoms with Gasteiger partial charge in [0.15, 0.2) is 0 Å². The van der Waals surface area contributed by atoms with Crippen LogP contribution < -0.4 is 0 Å². The van der Waals surface area contributed by atoms with Crippen LogP contribution in [0.5, 0.6) is 0 Å². The van der Waals surface area contributed by atoms with Gasteiger partial charge in [-0.3, -0.25) is 0 Å². The molecule has 0 saturated heterocycles. The van der Waals surface area contributed by atoms with Crippen molar-refractivity contribution in [3.8, 4) is 0 Å². The maximum Gasteiger partial charge on any atom is 0.0832 e. The molecule has 0 rings (SSSR count). The van der Waals surface area contributed by atoms with Crippen molar-refractivity contribution in [3.05, 3.63) is 0 Å². The van der Waals surface area contributed by atoms with Gasteiger partial charge in [0.05, 0.1) is 23.7 Å². The molecule has 4 heteroatoms. The van der Waals surface area contributed by atoms with Crippen LogP contribution in [-0.4, -0.2) is 6.66 Å². The van der Waals surface area contributed by atoms with Crippen molar-refractivity contribution in [2.75, 3.05) is 6.66 Å². The normalized spacial score (nSPS) is 4.80. The van der Waals surface area contributed by atoms with E-state index in [0.29, 0.717) is 0 Å². The molecule has 0 bridgehead atoms. The third-order valence-electron chi connectivity index (χ3n) is 0. The molecule has 0 aromatic heterocycles. The van der Waals surface area contributed by atoms with E-state index in [4.69, 9.17) is 0 Å². The van der Waals surface area contributed by atoms with Crippen molar-refractivity contribution in [1.29, 1.82) is 0 Å². The summed E-state index contributed by atoms with van der Waals surface area (Å²) in [4.78, 5) is 0. The second-order valence-corrected chi connectivity index (χ2v) is 0.525. The monoisotopic (exact) mass is 132 g/mol. The summed E-state index contributed by atoms with van der Waals surface area (Å²) < 4.78 is 3.19. The third-order valence-corrected chi connectivity index (χ3v) is 0. The molecule has 0 aliphatic rings. The Kier molecular flexibility index (Phi) is 37.8. The molecule has 0 N–H and O–H groups in total. The topological polar surface area (TPSA) is 9.23 Å². The Morgan fingerprint density at radius 2 is 1.40 bits per heavy atom. The minimum absolute atomic E-state index is 1.69. The highest BCUT2D eigenvalue weighted by Gasteiger charge is 1.38. The van der Waals surface area contributed by atoms with Gasteiger partial charge in [-0.2, -0.15) is 3.84 Å². The molecule has 0 saturated carbocycles. The minimum Gasteiger partial charge on any atom is -0.166 e. The van der Waals surface area contributed by atoms with Crippen LogP contribution in [0.4, 0.5) is 0 Å². The molecular formula is CH3Cl2OP. The lowest BCUT2D eigenvalue weighted by Crippen LogP contribution is -1.15. The minimum atomic E-state index is 1.69. The summed E-state index contributed by atoms with van der Waals surface area (Å²) in [6, 6.07) is 0. The van der Waals surface area contributed by atoms with Gasteiger partial charge in [-0.1, -0.05) is 0 Å². The Hall–Kier alpha value is 0.970. The lowest BCUT2D eigenvalue weighted by atomic mass is 12.0. The Labute approximate surface area is 44.1 Å². The summed E-state index contributed by atoms with van der Waals surface area (Å²) >= 11 is 8.53. The van der Waals surface area contributed by atoms with Crippen LogP contribution in [0.3, 0.4) is 0 Å². The first kappa shape index (κ1) is 9.36. The third kappa shape index (κ3) is 46.6. The molecule has 0 aromatic rings. The predicted molar refractivity (Wildman–Crippen MR) is 25.6 cm³/mol. The number of halogens is 2. The van der Waals surface area contributed by atoms with Crippen molar-refractivity contribution in [2.24, 2.45) is 0 Å². The van der Waals surface area contributed by atoms with Gasteiger partial charge in [0.1, 0.15) is 0 Å². The van der Waals surface area contributed by atoms with Gasteiger partial charge in [-0.25, -0.2) is 0 Å². The smallest absolute Gasteiger partial charge is 0.0832 e. The first-order chi connectivity index (χ1) is 2.41. The van der Waals surface area contributed by atoms with Gasteiger partial charge >= 0.3 is 0 Å². The van der Waals surface area contributed by atoms with E-state index in [1.54, 1.807) is 6.66 Å². The van der Waals surface area contributed by atoms with Crippen molar-refractivity contribution < 1.29 is 3.84 Å². The number of hydrogen-bond acceptors (Lipinski definition) is 1. The molecule has 32 valence electrons. The fraction of sp³-hybridized carbons (Fsp3) is 1.00. The summed E-state index contributed by atoms with van der Waals surface area (Å²) in [7, 11) is 3.53. The maximum absolute atomic E-state index is 4.26. The SMILES string of the molecule is C[P].ClOCl. The summed E-state index contributed by atoms with van der Waals surface area (Å²) in [5.74, 6) is 0. The first-order valence-electron chi connectivity index (χ1n) is 0.756. The zero-order valence-electron chi connectivity index (χ0n) is 2.61. The van der Waals surface area contributed by atoms with Crippen LogP contribution in [0.25, 0.3) is 0 Å². The van der Waals surface area contributed by atoms with Gasteiger partial charge in [0.2, 0.25) is 0 Å². The van der Waals surface area contributed by atoms with E-state index >= 15 is 0 Å². The Morgan fingerprint density at radius 1 is 1.40 bits per heavy atom. The molecule has 0 atom stereocenters. The molecular weight excluding hydrogens is 130 g/mol. The number of rotatable bonds is 0. The highest BCUT2D eigenvalue weighted by atomic mass is 35.6. The van der Waals surface area contributed by atoms with Crippen molar-refractivity contribution in [3.63, 3.8) is 0 Å². The van der Waals surface area contributed by atoms with E-state index < -0.39 is 0 Å². The molecule has 0 unspecified atom stereocenters. The van der Waals surface area contributed by atoms with Gasteiger partial charge in [0, 0.05) is 0 Å². The van der Waals surface area contributed by atoms with E-state index in [2.05, 4.69) is 36.8 Å². The zero-order valence-corrected chi connectivity index (χ0v) is 5.02. The Bertz CT molecular complexity index is 9.61. The average molecular weight is 133 g/mol. The van der Waals surface area contributed by atoms with Crippen molar-refractivity contribution in [2.45, 2.75) is 0 Å². The summed E-state index contributed by atoms with van der Waals surface area (Å²) in [5, 5.41) is 0. The zero-order chi connectivity index (χ0) is 4.71. The van der Waals surface area contributed by atoms with Crippen LogP contribution >= 0.6 is 33.0 Å². The molecule has 0 aliphatic carbocycles. The quantitative estimate of drug-likeness (QED) is 0.460. The van der Waals surface area contributed by atoms with E-state index in [1.807, 2.05) is 0 Å². The van der Waals surface area contributed by atoms with Gasteiger partial charge in [-0.15, -0.1) is 0 Å². The summed E-state index contributed by atoms with van der Waals surface area (Å²) in [5.41, 5.74) is 0. The molecule has 0 heterocycles. The Balaban J connectivity index is 0. The lowest BCUT2D eigenvalue weighted by molar-refractivity contribution is 0.697. The van der Waals surface area contributed by atoms with Crippen LogP contribution in [0, 0.1) is 0 Å². The summed E-state index contributed by atoms with van der Waals surface area (Å²) in [6.07, 6.45) is 0. The summed E-state index contributed by atoms with van der Waals surface area (Å²) in [6.45, 7) is 1.69. The molecule has 2 radical (unpaired) electrons. The Morgan fingerprint density at radius 3 is 1.40 bits per heavy atom. The molecule has 0 aromatic carbocycles. The second-order valence-electron chi connectivity index (χ2n) is 0.0583. The van der Waals surface area contributed by atoms with E-state index in [0.717, 1.165) is 0 Å². The molecule has 1 nitrogen and oxygen atoms in total.